The van der Waals surface area contributed by atoms with Gasteiger partial charge in [0.15, 0.2) is 0 Å². The smallest absolute Gasteiger partial charge is 0.202 e. The van der Waals surface area contributed by atoms with Crippen LogP contribution < -0.4 is 0 Å². The number of rotatable bonds is 3. The normalized spacial score (nSPS) is 10.1. The first kappa shape index (κ1) is 10.8. The minimum absolute atomic E-state index is 0.0986. The lowest BCUT2D eigenvalue weighted by molar-refractivity contribution is 0.180. The van der Waals surface area contributed by atoms with E-state index in [0.717, 1.165) is 0 Å². The molecule has 0 N–H and O–H groups in total. The van der Waals surface area contributed by atoms with Crippen LogP contribution in [0.3, 0.4) is 0 Å². The quantitative estimate of drug-likeness (QED) is 0.454. The van der Waals surface area contributed by atoms with E-state index in [-0.39, 0.29) is 6.61 Å². The van der Waals surface area contributed by atoms with Crippen LogP contribution in [0.2, 0.25) is 10.0 Å². The summed E-state index contributed by atoms with van der Waals surface area (Å²) in [7, 11) is 0. The molecule has 0 saturated heterocycles. The van der Waals surface area contributed by atoms with E-state index in [4.69, 9.17) is 28.5 Å². The van der Waals surface area contributed by atoms with Gasteiger partial charge in [-0.15, -0.1) is 0 Å². The van der Waals surface area contributed by atoms with Crippen molar-refractivity contribution in [2.45, 2.75) is 0 Å². The number of halogens is 2. The number of hydrogen-bond acceptors (Lipinski definition) is 3. The highest BCUT2D eigenvalue weighted by atomic mass is 35.5. The second-order valence-electron chi connectivity index (χ2n) is 2.30. The molecular formula is C9H6Cl2N2O. The number of nitriles is 1. The third-order valence-corrected chi connectivity index (χ3v) is 2.04. The SMILES string of the molecule is N#CCON=Cc1c(Cl)cccc1Cl. The number of oxime groups is 1. The average Bonchev–Trinajstić information content (AvgIpc) is 2.16. The van der Waals surface area contributed by atoms with Crippen LogP contribution in [0.4, 0.5) is 0 Å². The standard InChI is InChI=1S/C9H6Cl2N2O/c10-8-2-1-3-9(11)7(8)6-13-14-5-4-12/h1-3,6H,5H2. The molecular weight excluding hydrogens is 223 g/mol. The highest BCUT2D eigenvalue weighted by molar-refractivity contribution is 6.38. The lowest BCUT2D eigenvalue weighted by Gasteiger charge is -1.99. The molecule has 72 valence electrons. The molecule has 0 spiro atoms. The molecule has 0 fully saturated rings. The van der Waals surface area contributed by atoms with Crippen molar-refractivity contribution in [3.63, 3.8) is 0 Å². The maximum absolute atomic E-state index is 8.17. The first-order chi connectivity index (χ1) is 6.75. The van der Waals surface area contributed by atoms with Gasteiger partial charge >= 0.3 is 0 Å². The molecule has 0 unspecified atom stereocenters. The molecule has 0 aliphatic carbocycles. The van der Waals surface area contributed by atoms with Crippen LogP contribution in [-0.4, -0.2) is 12.8 Å². The lowest BCUT2D eigenvalue weighted by atomic mass is 10.2. The predicted octanol–water partition coefficient (Wildman–Crippen LogP) is 2.87. The Balaban J connectivity index is 2.76. The maximum atomic E-state index is 8.17. The highest BCUT2D eigenvalue weighted by Gasteiger charge is 2.01. The minimum atomic E-state index is -0.0986. The summed E-state index contributed by atoms with van der Waals surface area (Å²) in [5.74, 6) is 0. The Morgan fingerprint density at radius 2 is 2.07 bits per heavy atom. The Morgan fingerprint density at radius 3 is 2.64 bits per heavy atom. The van der Waals surface area contributed by atoms with Crippen LogP contribution in [0.25, 0.3) is 0 Å². The van der Waals surface area contributed by atoms with Gasteiger partial charge in [-0.05, 0) is 12.1 Å². The molecule has 3 nitrogen and oxygen atoms in total. The van der Waals surface area contributed by atoms with Crippen molar-refractivity contribution in [1.82, 2.24) is 0 Å². The van der Waals surface area contributed by atoms with Crippen LogP contribution in [0.5, 0.6) is 0 Å². The zero-order valence-corrected chi connectivity index (χ0v) is 8.59. The van der Waals surface area contributed by atoms with E-state index in [0.29, 0.717) is 15.6 Å². The molecule has 0 aromatic heterocycles. The molecule has 14 heavy (non-hydrogen) atoms. The monoisotopic (exact) mass is 228 g/mol. The van der Waals surface area contributed by atoms with Crippen molar-refractivity contribution < 1.29 is 4.84 Å². The van der Waals surface area contributed by atoms with Crippen molar-refractivity contribution in [3.8, 4) is 6.07 Å². The fraction of sp³-hybridized carbons (Fsp3) is 0.111. The van der Waals surface area contributed by atoms with E-state index in [1.165, 1.54) is 6.21 Å². The van der Waals surface area contributed by atoms with Crippen LogP contribution >= 0.6 is 23.2 Å². The van der Waals surface area contributed by atoms with Crippen LogP contribution in [-0.2, 0) is 4.84 Å². The van der Waals surface area contributed by atoms with E-state index >= 15 is 0 Å². The fourth-order valence-electron chi connectivity index (χ4n) is 0.790. The molecule has 0 saturated carbocycles. The second kappa shape index (κ2) is 5.48. The predicted molar refractivity (Wildman–Crippen MR) is 55.6 cm³/mol. The first-order valence-corrected chi connectivity index (χ1v) is 4.47. The van der Waals surface area contributed by atoms with Crippen LogP contribution in [0.1, 0.15) is 5.56 Å². The van der Waals surface area contributed by atoms with Gasteiger partial charge < -0.3 is 4.84 Å². The number of nitrogens with zero attached hydrogens (tertiary/aromatic N) is 2. The van der Waals surface area contributed by atoms with E-state index in [2.05, 4.69) is 9.99 Å². The Morgan fingerprint density at radius 1 is 1.43 bits per heavy atom. The third kappa shape index (κ3) is 2.91. The Hall–Kier alpha value is -1.24. The second-order valence-corrected chi connectivity index (χ2v) is 3.12. The maximum Gasteiger partial charge on any atom is 0.202 e. The van der Waals surface area contributed by atoms with E-state index in [1.807, 2.05) is 0 Å². The summed E-state index contributed by atoms with van der Waals surface area (Å²) >= 11 is 11.7. The van der Waals surface area contributed by atoms with Gasteiger partial charge in [-0.2, -0.15) is 5.26 Å². The molecule has 0 aliphatic rings. The van der Waals surface area contributed by atoms with Gasteiger partial charge in [-0.25, -0.2) is 0 Å². The Kier molecular flexibility index (Phi) is 4.24. The number of hydrogen-bond donors (Lipinski definition) is 0. The molecule has 1 aromatic carbocycles. The van der Waals surface area contributed by atoms with Gasteiger partial charge in [-0.3, -0.25) is 0 Å². The van der Waals surface area contributed by atoms with Crippen molar-refractivity contribution in [2.24, 2.45) is 5.16 Å². The Labute approximate surface area is 91.5 Å². The van der Waals surface area contributed by atoms with Crippen molar-refractivity contribution in [1.29, 1.82) is 5.26 Å². The molecule has 1 rings (SSSR count). The Bertz CT molecular complexity index is 365. The van der Waals surface area contributed by atoms with E-state index in [1.54, 1.807) is 24.3 Å². The topological polar surface area (TPSA) is 45.4 Å². The summed E-state index contributed by atoms with van der Waals surface area (Å²) in [5, 5.41) is 12.7. The van der Waals surface area contributed by atoms with Gasteiger partial charge in [0.05, 0.1) is 16.3 Å². The molecule has 0 heterocycles. The molecule has 0 bridgehead atoms. The molecule has 0 atom stereocenters. The molecule has 0 aliphatic heterocycles. The summed E-state index contributed by atoms with van der Waals surface area (Å²) < 4.78 is 0. The summed E-state index contributed by atoms with van der Waals surface area (Å²) in [6.07, 6.45) is 1.38. The number of benzene rings is 1. The van der Waals surface area contributed by atoms with Gasteiger partial charge in [0.1, 0.15) is 6.07 Å². The van der Waals surface area contributed by atoms with Crippen LogP contribution in [0.15, 0.2) is 23.4 Å². The average molecular weight is 229 g/mol. The van der Waals surface area contributed by atoms with Gasteiger partial charge in [-0.1, -0.05) is 34.4 Å². The third-order valence-electron chi connectivity index (χ3n) is 1.39. The first-order valence-electron chi connectivity index (χ1n) is 3.72. The highest BCUT2D eigenvalue weighted by Crippen LogP contribution is 2.22. The molecule has 1 aromatic rings. The summed E-state index contributed by atoms with van der Waals surface area (Å²) in [6.45, 7) is -0.0986. The summed E-state index contributed by atoms with van der Waals surface area (Å²) in [4.78, 5) is 4.59. The van der Waals surface area contributed by atoms with Crippen molar-refractivity contribution >= 4 is 29.4 Å². The fourth-order valence-corrected chi connectivity index (χ4v) is 1.29. The molecule has 5 heteroatoms. The zero-order chi connectivity index (χ0) is 10.4. The van der Waals surface area contributed by atoms with Crippen molar-refractivity contribution in [2.75, 3.05) is 6.61 Å². The largest absolute Gasteiger partial charge is 0.380 e. The van der Waals surface area contributed by atoms with Crippen LogP contribution in [0, 0.1) is 11.3 Å². The molecule has 0 amide bonds. The summed E-state index contributed by atoms with van der Waals surface area (Å²) in [5.41, 5.74) is 0.578. The molecule has 0 radical (unpaired) electrons. The van der Waals surface area contributed by atoms with Gasteiger partial charge in [0.2, 0.25) is 6.61 Å². The van der Waals surface area contributed by atoms with Gasteiger partial charge in [0, 0.05) is 5.56 Å². The summed E-state index contributed by atoms with van der Waals surface area (Å²) in [6, 6.07) is 6.90. The lowest BCUT2D eigenvalue weighted by Crippen LogP contribution is -1.87. The zero-order valence-electron chi connectivity index (χ0n) is 7.08. The minimum Gasteiger partial charge on any atom is -0.380 e. The van der Waals surface area contributed by atoms with E-state index in [9.17, 15) is 0 Å². The van der Waals surface area contributed by atoms with Crippen molar-refractivity contribution in [3.05, 3.63) is 33.8 Å². The van der Waals surface area contributed by atoms with E-state index < -0.39 is 0 Å². The van der Waals surface area contributed by atoms with Gasteiger partial charge in [0.25, 0.3) is 0 Å².